The molecule has 1 aromatic carbocycles. The predicted molar refractivity (Wildman–Crippen MR) is 69.9 cm³/mol. The van der Waals surface area contributed by atoms with Crippen molar-refractivity contribution in [3.63, 3.8) is 0 Å². The highest BCUT2D eigenvalue weighted by Gasteiger charge is 2.33. The largest absolute Gasteiger partial charge is 0.417 e. The Morgan fingerprint density at radius 2 is 2.11 bits per heavy atom. The van der Waals surface area contributed by atoms with Gasteiger partial charge in [-0.15, -0.1) is 11.3 Å². The van der Waals surface area contributed by atoms with Gasteiger partial charge in [0.25, 0.3) is 0 Å². The van der Waals surface area contributed by atoms with Crippen molar-refractivity contribution in [2.45, 2.75) is 18.7 Å². The van der Waals surface area contributed by atoms with Crippen LogP contribution in [0.1, 0.15) is 22.2 Å². The summed E-state index contributed by atoms with van der Waals surface area (Å²) in [6, 6.07) is 3.73. The van der Waals surface area contributed by atoms with Gasteiger partial charge in [0.1, 0.15) is 0 Å². The fourth-order valence-corrected chi connectivity index (χ4v) is 2.73. The topological polar surface area (TPSA) is 33.1 Å². The SMILES string of the molecule is OC(Cc1nccs1)c1ccc(Br)c(C(F)(F)F)c1. The minimum atomic E-state index is -4.45. The summed E-state index contributed by atoms with van der Waals surface area (Å²) < 4.78 is 38.2. The molecule has 0 aliphatic rings. The lowest BCUT2D eigenvalue weighted by atomic mass is 10.0. The number of rotatable bonds is 3. The maximum atomic E-state index is 12.7. The van der Waals surface area contributed by atoms with Gasteiger partial charge in [-0.25, -0.2) is 4.98 Å². The monoisotopic (exact) mass is 351 g/mol. The molecule has 1 atom stereocenters. The fraction of sp³-hybridized carbons (Fsp3) is 0.250. The summed E-state index contributed by atoms with van der Waals surface area (Å²) in [7, 11) is 0. The van der Waals surface area contributed by atoms with E-state index in [0.717, 1.165) is 6.07 Å². The molecule has 0 aliphatic carbocycles. The highest BCUT2D eigenvalue weighted by Crippen LogP contribution is 2.36. The van der Waals surface area contributed by atoms with Crippen LogP contribution in [0, 0.1) is 0 Å². The zero-order valence-electron chi connectivity index (χ0n) is 9.49. The second-order valence-electron chi connectivity index (χ2n) is 3.88. The van der Waals surface area contributed by atoms with Crippen molar-refractivity contribution < 1.29 is 18.3 Å². The van der Waals surface area contributed by atoms with Gasteiger partial charge in [-0.05, 0) is 17.7 Å². The first-order chi connectivity index (χ1) is 8.88. The molecule has 0 fully saturated rings. The number of halogens is 4. The van der Waals surface area contributed by atoms with Crippen LogP contribution >= 0.6 is 27.3 Å². The standard InChI is InChI=1S/C12H9BrF3NOS/c13-9-2-1-7(5-8(9)12(14,15)16)10(18)6-11-17-3-4-19-11/h1-5,10,18H,6H2. The Labute approximate surface area is 120 Å². The van der Waals surface area contributed by atoms with Crippen molar-refractivity contribution in [2.24, 2.45) is 0 Å². The van der Waals surface area contributed by atoms with Gasteiger partial charge < -0.3 is 5.11 Å². The predicted octanol–water partition coefficient (Wildman–Crippen LogP) is 4.20. The molecule has 0 bridgehead atoms. The van der Waals surface area contributed by atoms with E-state index in [4.69, 9.17) is 0 Å². The van der Waals surface area contributed by atoms with Gasteiger partial charge in [0, 0.05) is 22.5 Å². The van der Waals surface area contributed by atoms with E-state index in [1.807, 2.05) is 0 Å². The quantitative estimate of drug-likeness (QED) is 0.898. The van der Waals surface area contributed by atoms with Crippen LogP contribution in [-0.4, -0.2) is 10.1 Å². The van der Waals surface area contributed by atoms with E-state index >= 15 is 0 Å². The van der Waals surface area contributed by atoms with Gasteiger partial charge in [-0.3, -0.25) is 0 Å². The molecular formula is C12H9BrF3NOS. The van der Waals surface area contributed by atoms with E-state index in [1.54, 1.807) is 11.6 Å². The van der Waals surface area contributed by atoms with Crippen LogP contribution in [0.5, 0.6) is 0 Å². The average molecular weight is 352 g/mol. The van der Waals surface area contributed by atoms with Crippen LogP contribution in [0.3, 0.4) is 0 Å². The Morgan fingerprint density at radius 3 is 2.68 bits per heavy atom. The lowest BCUT2D eigenvalue weighted by Gasteiger charge is -2.14. The van der Waals surface area contributed by atoms with Crippen LogP contribution < -0.4 is 0 Å². The molecule has 0 amide bonds. The number of nitrogens with zero attached hydrogens (tertiary/aromatic N) is 1. The number of benzene rings is 1. The van der Waals surface area contributed by atoms with Crippen molar-refractivity contribution in [2.75, 3.05) is 0 Å². The van der Waals surface area contributed by atoms with Gasteiger partial charge >= 0.3 is 6.18 Å². The van der Waals surface area contributed by atoms with Gasteiger partial charge in [0.15, 0.2) is 0 Å². The van der Waals surface area contributed by atoms with E-state index < -0.39 is 17.8 Å². The van der Waals surface area contributed by atoms with Crippen LogP contribution in [-0.2, 0) is 12.6 Å². The van der Waals surface area contributed by atoms with Crippen molar-refractivity contribution in [3.8, 4) is 0 Å². The number of thiazole rings is 1. The lowest BCUT2D eigenvalue weighted by molar-refractivity contribution is -0.138. The molecule has 1 unspecified atom stereocenters. The van der Waals surface area contributed by atoms with Crippen LogP contribution in [0.2, 0.25) is 0 Å². The molecule has 1 N–H and O–H groups in total. The van der Waals surface area contributed by atoms with E-state index in [1.165, 1.54) is 23.5 Å². The van der Waals surface area contributed by atoms with Crippen molar-refractivity contribution in [1.29, 1.82) is 0 Å². The number of aliphatic hydroxyl groups is 1. The zero-order chi connectivity index (χ0) is 14.0. The highest BCUT2D eigenvalue weighted by molar-refractivity contribution is 9.10. The molecule has 2 nitrogen and oxygen atoms in total. The van der Waals surface area contributed by atoms with E-state index in [-0.39, 0.29) is 16.5 Å². The first kappa shape index (κ1) is 14.5. The summed E-state index contributed by atoms with van der Waals surface area (Å²) in [6.07, 6.45) is -3.65. The lowest BCUT2D eigenvalue weighted by Crippen LogP contribution is -2.09. The van der Waals surface area contributed by atoms with Crippen molar-refractivity contribution >= 4 is 27.3 Å². The molecule has 0 saturated heterocycles. The third-order valence-corrected chi connectivity index (χ3v) is 4.03. The number of alkyl halides is 3. The van der Waals surface area contributed by atoms with E-state index in [9.17, 15) is 18.3 Å². The van der Waals surface area contributed by atoms with Gasteiger partial charge in [-0.1, -0.05) is 22.0 Å². The Bertz CT molecular complexity index is 557. The average Bonchev–Trinajstić information content (AvgIpc) is 2.80. The molecule has 1 heterocycles. The summed E-state index contributed by atoms with van der Waals surface area (Å²) in [5.74, 6) is 0. The summed E-state index contributed by atoms with van der Waals surface area (Å²) in [5.41, 5.74) is -0.561. The fourth-order valence-electron chi connectivity index (χ4n) is 1.60. The molecule has 7 heteroatoms. The van der Waals surface area contributed by atoms with E-state index in [2.05, 4.69) is 20.9 Å². The highest BCUT2D eigenvalue weighted by atomic mass is 79.9. The first-order valence-electron chi connectivity index (χ1n) is 5.31. The molecule has 0 radical (unpaired) electrons. The minimum Gasteiger partial charge on any atom is -0.388 e. The van der Waals surface area contributed by atoms with E-state index in [0.29, 0.717) is 5.01 Å². The molecule has 0 saturated carbocycles. The number of hydrogen-bond acceptors (Lipinski definition) is 3. The minimum absolute atomic E-state index is 0.0369. The molecule has 0 aliphatic heterocycles. The Balaban J connectivity index is 2.25. The smallest absolute Gasteiger partial charge is 0.388 e. The number of aromatic nitrogens is 1. The molecule has 0 spiro atoms. The third kappa shape index (κ3) is 3.55. The van der Waals surface area contributed by atoms with Crippen molar-refractivity contribution in [3.05, 3.63) is 50.4 Å². The summed E-state index contributed by atoms with van der Waals surface area (Å²) in [4.78, 5) is 4.00. The summed E-state index contributed by atoms with van der Waals surface area (Å²) >= 11 is 4.22. The second-order valence-corrected chi connectivity index (χ2v) is 5.72. The molecule has 1 aromatic heterocycles. The Morgan fingerprint density at radius 1 is 1.37 bits per heavy atom. The maximum Gasteiger partial charge on any atom is 0.417 e. The van der Waals surface area contributed by atoms with Gasteiger partial charge in [0.05, 0.1) is 16.7 Å². The molecular weight excluding hydrogens is 343 g/mol. The number of hydrogen-bond donors (Lipinski definition) is 1. The summed E-state index contributed by atoms with van der Waals surface area (Å²) in [5, 5.41) is 12.4. The van der Waals surface area contributed by atoms with Crippen LogP contribution in [0.4, 0.5) is 13.2 Å². The Kier molecular flexibility index (Phi) is 4.27. The zero-order valence-corrected chi connectivity index (χ0v) is 11.9. The molecule has 102 valence electrons. The second kappa shape index (κ2) is 5.60. The van der Waals surface area contributed by atoms with Crippen LogP contribution in [0.15, 0.2) is 34.2 Å². The van der Waals surface area contributed by atoms with Gasteiger partial charge in [-0.2, -0.15) is 13.2 Å². The van der Waals surface area contributed by atoms with Crippen molar-refractivity contribution in [1.82, 2.24) is 4.98 Å². The van der Waals surface area contributed by atoms with Gasteiger partial charge in [0.2, 0.25) is 0 Å². The van der Waals surface area contributed by atoms with Crippen LogP contribution in [0.25, 0.3) is 0 Å². The molecule has 2 rings (SSSR count). The normalized spacial score (nSPS) is 13.5. The summed E-state index contributed by atoms with van der Waals surface area (Å²) in [6.45, 7) is 0. The molecule has 19 heavy (non-hydrogen) atoms. The molecule has 2 aromatic rings. The first-order valence-corrected chi connectivity index (χ1v) is 6.98. The third-order valence-electron chi connectivity index (χ3n) is 2.53. The maximum absolute atomic E-state index is 12.7. The number of aliphatic hydroxyl groups excluding tert-OH is 1. The Hall–Kier alpha value is -0.920.